The van der Waals surface area contributed by atoms with E-state index in [0.29, 0.717) is 0 Å². The van der Waals surface area contributed by atoms with Crippen LogP contribution in [0.15, 0.2) is 182 Å². The van der Waals surface area contributed by atoms with E-state index in [-0.39, 0.29) is 0 Å². The molecular formula is C44H33N3. The normalized spacial score (nSPS) is 11.9. The molecule has 0 fully saturated rings. The number of nitrogens with zero attached hydrogens (tertiary/aromatic N) is 3. The lowest BCUT2D eigenvalue weighted by Crippen LogP contribution is -2.25. The fraction of sp³-hybridized carbons (Fsp3) is 0.0455. The van der Waals surface area contributed by atoms with Crippen LogP contribution in [0.4, 0.5) is 0 Å². The van der Waals surface area contributed by atoms with Gasteiger partial charge in [0, 0.05) is 57.2 Å². The third kappa shape index (κ3) is 4.20. The van der Waals surface area contributed by atoms with Gasteiger partial charge in [-0.25, -0.2) is 0 Å². The molecular weight excluding hydrogens is 571 g/mol. The Labute approximate surface area is 274 Å². The number of hydrogen-bond acceptors (Lipinski definition) is 0. The van der Waals surface area contributed by atoms with Crippen molar-refractivity contribution in [1.82, 2.24) is 13.7 Å². The molecule has 0 unspecified atom stereocenters. The van der Waals surface area contributed by atoms with Crippen LogP contribution in [-0.2, 0) is 5.41 Å². The molecule has 0 spiro atoms. The highest BCUT2D eigenvalue weighted by molar-refractivity contribution is 5.96. The lowest BCUT2D eigenvalue weighted by atomic mass is 9.71. The summed E-state index contributed by atoms with van der Waals surface area (Å²) in [5, 5.41) is 3.73. The molecule has 0 saturated heterocycles. The van der Waals surface area contributed by atoms with Gasteiger partial charge in [-0.3, -0.25) is 0 Å². The smallest absolute Gasteiger partial charge is 0.0531 e. The lowest BCUT2D eigenvalue weighted by molar-refractivity contribution is 0.706. The Hall–Kier alpha value is -6.06. The van der Waals surface area contributed by atoms with E-state index < -0.39 is 5.41 Å². The van der Waals surface area contributed by atoms with Gasteiger partial charge in [-0.05, 0) is 78.2 Å². The number of aromatic nitrogens is 3. The van der Waals surface area contributed by atoms with Crippen LogP contribution < -0.4 is 0 Å². The molecule has 47 heavy (non-hydrogen) atoms. The quantitative estimate of drug-likeness (QED) is 0.180. The van der Waals surface area contributed by atoms with Crippen molar-refractivity contribution in [3.63, 3.8) is 0 Å². The maximum atomic E-state index is 2.43. The van der Waals surface area contributed by atoms with Crippen molar-refractivity contribution in [2.24, 2.45) is 0 Å². The summed E-state index contributed by atoms with van der Waals surface area (Å²) in [6.45, 7) is 2.43. The summed E-state index contributed by atoms with van der Waals surface area (Å²) in [6, 6.07) is 58.6. The summed E-state index contributed by atoms with van der Waals surface area (Å²) >= 11 is 0. The molecule has 9 aromatic rings. The lowest BCUT2D eigenvalue weighted by Gasteiger charge is -2.30. The number of rotatable bonds is 6. The molecule has 3 aromatic heterocycles. The summed E-state index contributed by atoms with van der Waals surface area (Å²) in [4.78, 5) is 0. The largest absolute Gasteiger partial charge is 0.316 e. The van der Waals surface area contributed by atoms with Gasteiger partial charge in [0.05, 0.1) is 16.6 Å². The van der Waals surface area contributed by atoms with Crippen LogP contribution in [0.3, 0.4) is 0 Å². The standard InChI is InChI=1S/C44H33N3/c1-44(38-29-45(32-17-5-2-6-18-32)41-26-14-11-23-35(38)41,39-30-46(33-19-7-3-8-20-33)42-27-15-12-24-36(39)42)40-31-47(34-21-9-4-10-22-34)43-28-16-13-25-37(40)43/h2-31H,1H3. The summed E-state index contributed by atoms with van der Waals surface area (Å²) < 4.78 is 7.07. The van der Waals surface area contributed by atoms with Crippen molar-refractivity contribution < 1.29 is 0 Å². The molecule has 9 rings (SSSR count). The van der Waals surface area contributed by atoms with E-state index in [1.165, 1.54) is 49.4 Å². The van der Waals surface area contributed by atoms with E-state index in [2.05, 4.69) is 203 Å². The molecule has 0 saturated carbocycles. The molecule has 0 aliphatic rings. The highest BCUT2D eigenvalue weighted by Crippen LogP contribution is 2.49. The van der Waals surface area contributed by atoms with Crippen LogP contribution in [0, 0.1) is 0 Å². The first kappa shape index (κ1) is 27.3. The Morgan fingerprint density at radius 1 is 0.319 bits per heavy atom. The molecule has 0 N–H and O–H groups in total. The SMILES string of the molecule is CC(c1cn(-c2ccccc2)c2ccccc12)(c1cn(-c2ccccc2)c2ccccc12)c1cn(-c2ccccc2)c2ccccc12. The number of hydrogen-bond donors (Lipinski definition) is 0. The summed E-state index contributed by atoms with van der Waals surface area (Å²) in [5.41, 5.74) is 10.3. The molecule has 6 aromatic carbocycles. The minimum Gasteiger partial charge on any atom is -0.316 e. The second-order valence-corrected chi connectivity index (χ2v) is 12.4. The molecule has 0 amide bonds. The Kier molecular flexibility index (Phi) is 6.26. The molecule has 0 aliphatic heterocycles. The van der Waals surface area contributed by atoms with Gasteiger partial charge in [0.1, 0.15) is 0 Å². The van der Waals surface area contributed by atoms with Crippen molar-refractivity contribution in [2.45, 2.75) is 12.3 Å². The van der Waals surface area contributed by atoms with E-state index in [0.717, 1.165) is 17.1 Å². The Bertz CT molecular complexity index is 2230. The third-order valence-corrected chi connectivity index (χ3v) is 9.85. The Balaban J connectivity index is 1.43. The summed E-state index contributed by atoms with van der Waals surface area (Å²) in [7, 11) is 0. The van der Waals surface area contributed by atoms with Crippen molar-refractivity contribution >= 4 is 32.7 Å². The Morgan fingerprint density at radius 2 is 0.574 bits per heavy atom. The fourth-order valence-corrected chi connectivity index (χ4v) is 7.58. The van der Waals surface area contributed by atoms with E-state index in [1.807, 2.05) is 0 Å². The zero-order valence-electron chi connectivity index (χ0n) is 26.2. The summed E-state index contributed by atoms with van der Waals surface area (Å²) in [5.74, 6) is 0. The zero-order valence-corrected chi connectivity index (χ0v) is 26.2. The van der Waals surface area contributed by atoms with Crippen LogP contribution in [0.25, 0.3) is 49.8 Å². The van der Waals surface area contributed by atoms with Crippen molar-refractivity contribution in [3.05, 3.63) is 199 Å². The fourth-order valence-electron chi connectivity index (χ4n) is 7.58. The molecule has 0 aliphatic carbocycles. The van der Waals surface area contributed by atoms with Gasteiger partial charge in [-0.1, -0.05) is 109 Å². The predicted octanol–water partition coefficient (Wildman–Crippen LogP) is 10.9. The van der Waals surface area contributed by atoms with E-state index in [1.54, 1.807) is 0 Å². The maximum Gasteiger partial charge on any atom is 0.0531 e. The molecule has 0 bridgehead atoms. The molecule has 0 radical (unpaired) electrons. The first-order valence-electron chi connectivity index (χ1n) is 16.2. The maximum absolute atomic E-state index is 2.43. The Morgan fingerprint density at radius 3 is 0.872 bits per heavy atom. The monoisotopic (exact) mass is 603 g/mol. The van der Waals surface area contributed by atoms with Gasteiger partial charge in [-0.15, -0.1) is 0 Å². The average molecular weight is 604 g/mol. The molecule has 3 heteroatoms. The third-order valence-electron chi connectivity index (χ3n) is 9.85. The number of fused-ring (bicyclic) bond motifs is 3. The van der Waals surface area contributed by atoms with Crippen LogP contribution in [0.1, 0.15) is 23.6 Å². The van der Waals surface area contributed by atoms with E-state index in [9.17, 15) is 0 Å². The minimum absolute atomic E-state index is 0.543. The topological polar surface area (TPSA) is 14.8 Å². The van der Waals surface area contributed by atoms with Crippen molar-refractivity contribution in [2.75, 3.05) is 0 Å². The first-order valence-corrected chi connectivity index (χ1v) is 16.2. The van der Waals surface area contributed by atoms with Gasteiger partial charge in [-0.2, -0.15) is 0 Å². The number of para-hydroxylation sites is 6. The molecule has 0 atom stereocenters. The van der Waals surface area contributed by atoms with Gasteiger partial charge >= 0.3 is 0 Å². The van der Waals surface area contributed by atoms with Crippen LogP contribution >= 0.6 is 0 Å². The van der Waals surface area contributed by atoms with Crippen LogP contribution in [-0.4, -0.2) is 13.7 Å². The summed E-state index contributed by atoms with van der Waals surface area (Å²) in [6.07, 6.45) is 7.13. The average Bonchev–Trinajstić information content (AvgIpc) is 3.86. The molecule has 224 valence electrons. The first-order chi connectivity index (χ1) is 23.2. The van der Waals surface area contributed by atoms with Crippen LogP contribution in [0.5, 0.6) is 0 Å². The van der Waals surface area contributed by atoms with Crippen molar-refractivity contribution in [1.29, 1.82) is 0 Å². The van der Waals surface area contributed by atoms with Crippen LogP contribution in [0.2, 0.25) is 0 Å². The van der Waals surface area contributed by atoms with Crippen molar-refractivity contribution in [3.8, 4) is 17.1 Å². The highest BCUT2D eigenvalue weighted by Gasteiger charge is 2.39. The molecule has 3 nitrogen and oxygen atoms in total. The van der Waals surface area contributed by atoms with Gasteiger partial charge < -0.3 is 13.7 Å². The van der Waals surface area contributed by atoms with E-state index in [4.69, 9.17) is 0 Å². The van der Waals surface area contributed by atoms with Gasteiger partial charge in [0.2, 0.25) is 0 Å². The second kappa shape index (κ2) is 10.8. The number of benzene rings is 6. The predicted molar refractivity (Wildman–Crippen MR) is 195 cm³/mol. The van der Waals surface area contributed by atoms with Gasteiger partial charge in [0.25, 0.3) is 0 Å². The molecule has 3 heterocycles. The highest BCUT2D eigenvalue weighted by atomic mass is 15.0. The minimum atomic E-state index is -0.543. The zero-order chi connectivity index (χ0) is 31.4. The van der Waals surface area contributed by atoms with Gasteiger partial charge in [0.15, 0.2) is 0 Å². The van der Waals surface area contributed by atoms with E-state index >= 15 is 0 Å². The second-order valence-electron chi connectivity index (χ2n) is 12.4.